The van der Waals surface area contributed by atoms with E-state index in [2.05, 4.69) is 73.1 Å². The van der Waals surface area contributed by atoms with Gasteiger partial charge in [0.25, 0.3) is 0 Å². The van der Waals surface area contributed by atoms with Crippen molar-refractivity contribution in [2.75, 3.05) is 57.9 Å². The van der Waals surface area contributed by atoms with Crippen molar-refractivity contribution in [2.24, 2.45) is 20.0 Å². The molecule has 126 heavy (non-hydrogen) atoms. The Morgan fingerprint density at radius 2 is 0.770 bits per heavy atom. The highest BCUT2D eigenvalue weighted by Gasteiger charge is 2.31. The number of nitrogens with one attached hydrogen (secondary N) is 10. The molecule has 0 atom stereocenters. The number of nitrogens with zero attached hydrogens (tertiary/aromatic N) is 4. The van der Waals surface area contributed by atoms with E-state index in [1.807, 2.05) is 0 Å². The Bertz CT molecular complexity index is 5100. The average Bonchev–Trinajstić information content (AvgIpc) is 0.748. The van der Waals surface area contributed by atoms with E-state index in [1.165, 1.54) is 42.5 Å². The summed E-state index contributed by atoms with van der Waals surface area (Å²) in [6.45, 7) is 36.2. The Kier molecular flexibility index (Phi) is 34.8. The maximum atomic E-state index is 13.4. The third-order valence-electron chi connectivity index (χ3n) is 14.8. The van der Waals surface area contributed by atoms with Crippen LogP contribution in [0.15, 0.2) is 114 Å². The summed E-state index contributed by atoms with van der Waals surface area (Å²) in [7, 11) is 0. The molecule has 1 heterocycles. The van der Waals surface area contributed by atoms with Crippen LogP contribution >= 0.6 is 12.2 Å². The van der Waals surface area contributed by atoms with Crippen LogP contribution in [-0.2, 0) is 44.4 Å². The van der Waals surface area contributed by atoms with Crippen LogP contribution in [0.1, 0.15) is 182 Å². The fourth-order valence-electron chi connectivity index (χ4n) is 10.6. The van der Waals surface area contributed by atoms with Gasteiger partial charge in [-0.05, 0) is 232 Å². The van der Waals surface area contributed by atoms with Crippen LogP contribution in [0.3, 0.4) is 0 Å². The first-order chi connectivity index (χ1) is 58.2. The number of rotatable bonds is 22. The first-order valence-corrected chi connectivity index (χ1v) is 40.3. The largest absolute Gasteiger partial charge is 0.508 e. The van der Waals surface area contributed by atoms with Crippen LogP contribution in [0.4, 0.5) is 44.0 Å². The number of carboxylic acids is 1. The minimum absolute atomic E-state index is 0.0136. The summed E-state index contributed by atoms with van der Waals surface area (Å²) in [6, 6.07) is 20.9. The van der Waals surface area contributed by atoms with Crippen molar-refractivity contribution in [3.63, 3.8) is 0 Å². The number of aliphatic imine (C=N–C) groups is 4. The van der Waals surface area contributed by atoms with Crippen LogP contribution in [-0.4, -0.2) is 191 Å². The fraction of sp³-hybridized carbons (Fsp3) is 0.477. The number of alkyl carbamates (subject to hydrolysis) is 4. The summed E-state index contributed by atoms with van der Waals surface area (Å²) in [5.74, 6) is -3.18. The van der Waals surface area contributed by atoms with Gasteiger partial charge in [0.2, 0.25) is 23.8 Å². The molecule has 40 heteroatoms. The third-order valence-corrected chi connectivity index (χ3v) is 15.0. The van der Waals surface area contributed by atoms with E-state index in [-0.39, 0.29) is 143 Å². The highest BCUT2D eigenvalue weighted by molar-refractivity contribution is 7.80. The topological polar surface area (TPSA) is 505 Å². The van der Waals surface area contributed by atoms with Gasteiger partial charge < -0.3 is 103 Å². The SMILES string of the molecule is CC(C)(C)OC(=O)/N=C(/NCCOc1cccc(-c2ccc(CNC(=S)Nc3ccc(-c4c5ccc(=O)cc-5oc5cc(O)ccc45)c(C(=O)O)c3)c(OCCN/C(=N/C(=O)OC(C)(C)C)NC(=O)OC(C)(C)C)c2OCCN/C(=N/C(=O)OC(C)(C)C)NC(=O)OC(C)(C)C)c1OCCN/C(=N/C(=O)OC(C)(C)C)NC(=O)OC(C)(C)C)NC(=O)OC(C)(C)C. The molecule has 4 aromatic carbocycles. The second-order valence-corrected chi connectivity index (χ2v) is 36.0. The van der Waals surface area contributed by atoms with Crippen LogP contribution in [0.2, 0.25) is 0 Å². The van der Waals surface area contributed by atoms with E-state index in [0.717, 1.165) is 0 Å². The molecule has 12 N–H and O–H groups in total. The molecule has 8 amide bonds. The normalized spacial score (nSPS) is 12.5. The number of ether oxygens (including phenoxy) is 12. The minimum Gasteiger partial charge on any atom is -0.508 e. The third kappa shape index (κ3) is 36.9. The lowest BCUT2D eigenvalue weighted by molar-refractivity contribution is 0.0542. The zero-order valence-electron chi connectivity index (χ0n) is 75.4. The molecule has 4 aromatic rings. The van der Waals surface area contributed by atoms with Gasteiger partial charge >= 0.3 is 54.7 Å². The van der Waals surface area contributed by atoms with Crippen LogP contribution in [0, 0.1) is 0 Å². The standard InChI is InChI=1S/C86H116N14O25S/c1-79(2,3)118-71(105)93-66(94-72(106)119-80(4,5)6)87-36-40-113-58-27-25-26-53(63(58)115-42-38-89-68(97-75(109)122-83(13,14)15)98-76(110)123-84(16,17)18)54-32-28-48(47-91-70(126)92-49-29-33-52(57(44-49)65(103)104)61-55-34-30-50(101)45-59(55)117-60-46-51(102)31-35-56(60)61)62(114-41-37-88-67(95-73(107)120-81(7,8)9)96-74(108)121-82(10,11)12)64(54)116-43-39-90-69(99-77(111)124-85(19,20)21)100-78(112)125-86(22,23)24/h25-35,44-46,101H,36-43,47H2,1-24H3,(H,103,104)(H2,91,92,126)(H2,87,93,94,105,106)(H2,88,95,96,107,108)(H2,89,97,98,109,110)(H2,90,99,100,111,112). The van der Waals surface area contributed by atoms with E-state index >= 15 is 0 Å². The zero-order valence-corrected chi connectivity index (χ0v) is 76.2. The average molecular weight is 1780 g/mol. The molecule has 0 radical (unpaired) electrons. The Labute approximate surface area is 735 Å². The summed E-state index contributed by atoms with van der Waals surface area (Å²) in [5, 5.41) is 49.3. The molecule has 1 aliphatic heterocycles. The maximum Gasteiger partial charge on any atom is 0.437 e. The van der Waals surface area contributed by atoms with Crippen molar-refractivity contribution in [1.29, 1.82) is 0 Å². The van der Waals surface area contributed by atoms with Gasteiger partial charge in [-0.25, -0.2) is 43.2 Å². The lowest BCUT2D eigenvalue weighted by Crippen LogP contribution is -2.45. The van der Waals surface area contributed by atoms with Crippen molar-refractivity contribution < 1.29 is 115 Å². The molecule has 6 rings (SSSR count). The van der Waals surface area contributed by atoms with E-state index in [4.69, 9.17) is 73.5 Å². The summed E-state index contributed by atoms with van der Waals surface area (Å²) in [5.41, 5.74) is -6.72. The first kappa shape index (κ1) is 101. The quantitative estimate of drug-likeness (QED) is 0.00750. The highest BCUT2D eigenvalue weighted by atomic mass is 32.1. The Morgan fingerprint density at radius 3 is 1.17 bits per heavy atom. The number of hydrogen-bond acceptors (Lipinski definition) is 25. The van der Waals surface area contributed by atoms with Crippen molar-refractivity contribution in [3.8, 4) is 62.3 Å². The predicted molar refractivity (Wildman–Crippen MR) is 474 cm³/mol. The summed E-state index contributed by atoms with van der Waals surface area (Å²) in [6.07, 6.45) is -8.33. The van der Waals surface area contributed by atoms with Crippen LogP contribution < -0.4 is 77.5 Å². The highest BCUT2D eigenvalue weighted by Crippen LogP contribution is 2.48. The molecule has 0 unspecified atom stereocenters. The predicted octanol–water partition coefficient (Wildman–Crippen LogP) is 14.3. The molecule has 0 spiro atoms. The number of aromatic carboxylic acids is 1. The molecule has 0 fully saturated rings. The maximum absolute atomic E-state index is 13.4. The number of para-hydroxylation sites is 1. The van der Waals surface area contributed by atoms with Crippen molar-refractivity contribution in [3.05, 3.63) is 106 Å². The van der Waals surface area contributed by atoms with Gasteiger partial charge in [0.05, 0.1) is 31.7 Å². The number of amides is 8. The van der Waals surface area contributed by atoms with Gasteiger partial charge in [-0.3, -0.25) is 26.1 Å². The van der Waals surface area contributed by atoms with Gasteiger partial charge in [-0.1, -0.05) is 24.3 Å². The lowest BCUT2D eigenvalue weighted by atomic mass is 9.90. The number of carbonyl (C=O) groups is 9. The fourth-order valence-corrected chi connectivity index (χ4v) is 10.8. The number of aromatic hydroxyl groups is 1. The number of carbonyl (C=O) groups excluding carboxylic acids is 8. The number of benzene rings is 5. The van der Waals surface area contributed by atoms with Crippen molar-refractivity contribution >= 4 is 113 Å². The summed E-state index contributed by atoms with van der Waals surface area (Å²) in [4.78, 5) is 148. The molecule has 2 aliphatic rings. The second kappa shape index (κ2) is 43.3. The molecule has 686 valence electrons. The second-order valence-electron chi connectivity index (χ2n) is 35.6. The molecule has 0 bridgehead atoms. The zero-order chi connectivity index (χ0) is 94.3. The van der Waals surface area contributed by atoms with E-state index in [0.29, 0.717) is 16.5 Å². The minimum atomic E-state index is -1.35. The number of carboxylic acid groups (broad SMARTS) is 1. The Balaban J connectivity index is 1.59. The molecule has 39 nitrogen and oxygen atoms in total. The van der Waals surface area contributed by atoms with Crippen LogP contribution in [0.25, 0.3) is 44.5 Å². The number of anilines is 1. The molecular weight excluding hydrogens is 1660 g/mol. The smallest absolute Gasteiger partial charge is 0.437 e. The van der Waals surface area contributed by atoms with Gasteiger partial charge in [0.15, 0.2) is 33.5 Å². The van der Waals surface area contributed by atoms with Gasteiger partial charge in [-0.15, -0.1) is 20.0 Å². The number of thiocarbonyl (C=S) groups is 1. The van der Waals surface area contributed by atoms with Crippen molar-refractivity contribution in [2.45, 2.75) is 218 Å². The number of hydrogen-bond donors (Lipinski definition) is 12. The van der Waals surface area contributed by atoms with Crippen molar-refractivity contribution in [1.82, 2.24) is 47.9 Å². The number of fused-ring (bicyclic) bond motifs is 2. The molecule has 0 saturated carbocycles. The van der Waals surface area contributed by atoms with E-state index in [9.17, 15) is 58.2 Å². The van der Waals surface area contributed by atoms with E-state index in [1.54, 1.807) is 209 Å². The first-order valence-electron chi connectivity index (χ1n) is 39.9. The summed E-state index contributed by atoms with van der Waals surface area (Å²) < 4.78 is 76.8. The Morgan fingerprint density at radius 1 is 0.397 bits per heavy atom. The monoisotopic (exact) mass is 1780 g/mol. The number of phenols is 1. The molecular formula is C86H116N14O25S. The van der Waals surface area contributed by atoms with E-state index < -0.39 is 124 Å². The van der Waals surface area contributed by atoms with Gasteiger partial charge in [0, 0.05) is 57.6 Å². The number of phenolic OH excluding ortho intramolecular Hbond substituents is 1. The molecule has 0 saturated heterocycles. The lowest BCUT2D eigenvalue weighted by Gasteiger charge is -2.24. The van der Waals surface area contributed by atoms with Gasteiger partial charge in [-0.2, -0.15) is 0 Å². The van der Waals surface area contributed by atoms with Gasteiger partial charge in [0.1, 0.15) is 88.3 Å². The van der Waals surface area contributed by atoms with Crippen LogP contribution in [0.5, 0.6) is 28.7 Å². The Hall–Kier alpha value is -13.4. The number of guanidine groups is 4. The summed E-state index contributed by atoms with van der Waals surface area (Å²) >= 11 is 5.96. The molecule has 0 aromatic heterocycles. The molecule has 1 aliphatic carbocycles.